The van der Waals surface area contributed by atoms with Crippen LogP contribution in [0.5, 0.6) is 17.2 Å². The van der Waals surface area contributed by atoms with Gasteiger partial charge in [-0.1, -0.05) is 0 Å². The average Bonchev–Trinajstić information content (AvgIpc) is 3.13. The van der Waals surface area contributed by atoms with Gasteiger partial charge in [0.1, 0.15) is 12.3 Å². The summed E-state index contributed by atoms with van der Waals surface area (Å²) < 4.78 is 17.2. The number of ketones is 1. The number of hydrogen-bond acceptors (Lipinski definition) is 6. The van der Waals surface area contributed by atoms with Crippen LogP contribution >= 0.6 is 0 Å². The molecule has 0 atom stereocenters. The number of ether oxygens (including phenoxy) is 3. The quantitative estimate of drug-likeness (QED) is 0.558. The predicted molar refractivity (Wildman–Crippen MR) is 97.6 cm³/mol. The second-order valence-corrected chi connectivity index (χ2v) is 6.17. The summed E-state index contributed by atoms with van der Waals surface area (Å²) >= 11 is 0. The minimum atomic E-state index is -0.441. The van der Waals surface area contributed by atoms with Gasteiger partial charge in [0.25, 0.3) is 0 Å². The highest BCUT2D eigenvalue weighted by molar-refractivity contribution is 6.28. The maximum atomic E-state index is 13.1. The second kappa shape index (κ2) is 6.05. The standard InChI is InChI=1S/C20H17NO6/c1-25-15-7-11-12(8-16(15)26-2)20(24)18-13-6-10(22)4-5-14(13)21(19(11)18)9-17(23)27-3/h4-8,22H,9H2,1-3H3. The third-order valence-corrected chi connectivity index (χ3v) is 4.81. The molecule has 0 unspecified atom stereocenters. The number of methoxy groups -OCH3 is 3. The molecule has 0 bridgehead atoms. The van der Waals surface area contributed by atoms with Crippen LogP contribution in [-0.2, 0) is 16.1 Å². The fraction of sp³-hybridized carbons (Fsp3) is 0.200. The molecule has 0 saturated carbocycles. The van der Waals surface area contributed by atoms with Crippen molar-refractivity contribution in [2.45, 2.75) is 6.54 Å². The molecule has 0 saturated heterocycles. The van der Waals surface area contributed by atoms with Crippen molar-refractivity contribution in [2.24, 2.45) is 0 Å². The number of aromatic hydroxyl groups is 1. The smallest absolute Gasteiger partial charge is 0.325 e. The molecule has 3 aromatic rings. The SMILES string of the molecule is COC(=O)Cn1c2c(c3cc(O)ccc31)C(=O)c1cc(OC)c(OC)cc1-2. The van der Waals surface area contributed by atoms with Gasteiger partial charge in [-0.15, -0.1) is 0 Å². The number of hydrogen-bond donors (Lipinski definition) is 1. The van der Waals surface area contributed by atoms with Crippen molar-refractivity contribution in [3.63, 3.8) is 0 Å². The van der Waals surface area contributed by atoms with Crippen LogP contribution in [0.25, 0.3) is 22.2 Å². The van der Waals surface area contributed by atoms with Crippen LogP contribution in [0.4, 0.5) is 0 Å². The summed E-state index contributed by atoms with van der Waals surface area (Å²) in [6.07, 6.45) is 0. The van der Waals surface area contributed by atoms with Crippen molar-refractivity contribution in [3.05, 3.63) is 41.5 Å². The zero-order valence-electron chi connectivity index (χ0n) is 15.0. The van der Waals surface area contributed by atoms with E-state index in [1.807, 2.05) is 0 Å². The number of carbonyl (C=O) groups is 2. The molecule has 7 nitrogen and oxygen atoms in total. The molecular weight excluding hydrogens is 350 g/mol. The Balaban J connectivity index is 2.07. The van der Waals surface area contributed by atoms with Crippen LogP contribution in [0.2, 0.25) is 0 Å². The molecule has 1 aliphatic rings. The molecule has 27 heavy (non-hydrogen) atoms. The molecule has 1 aromatic heterocycles. The van der Waals surface area contributed by atoms with E-state index in [2.05, 4.69) is 0 Å². The Morgan fingerprint density at radius 1 is 1.04 bits per heavy atom. The molecule has 0 radical (unpaired) electrons. The van der Waals surface area contributed by atoms with E-state index in [9.17, 15) is 14.7 Å². The van der Waals surface area contributed by atoms with Crippen molar-refractivity contribution in [1.29, 1.82) is 0 Å². The third-order valence-electron chi connectivity index (χ3n) is 4.81. The van der Waals surface area contributed by atoms with E-state index in [-0.39, 0.29) is 18.1 Å². The van der Waals surface area contributed by atoms with Crippen LogP contribution in [-0.4, -0.2) is 42.8 Å². The monoisotopic (exact) mass is 367 g/mol. The van der Waals surface area contributed by atoms with Gasteiger partial charge in [0.15, 0.2) is 17.3 Å². The van der Waals surface area contributed by atoms with Crippen molar-refractivity contribution < 1.29 is 28.9 Å². The van der Waals surface area contributed by atoms with E-state index in [0.717, 1.165) is 0 Å². The highest BCUT2D eigenvalue weighted by Crippen LogP contribution is 2.47. The number of esters is 1. The summed E-state index contributed by atoms with van der Waals surface area (Å²) in [7, 11) is 4.33. The van der Waals surface area contributed by atoms with Crippen molar-refractivity contribution in [2.75, 3.05) is 21.3 Å². The van der Waals surface area contributed by atoms with Crippen molar-refractivity contribution in [1.82, 2.24) is 4.57 Å². The summed E-state index contributed by atoms with van der Waals surface area (Å²) in [5.41, 5.74) is 2.81. The number of phenols is 1. The maximum absolute atomic E-state index is 13.1. The Morgan fingerprint density at radius 2 is 1.70 bits per heavy atom. The lowest BCUT2D eigenvalue weighted by molar-refractivity contribution is -0.141. The number of carbonyl (C=O) groups excluding carboxylic acids is 2. The van der Waals surface area contributed by atoms with Crippen LogP contribution in [0, 0.1) is 0 Å². The lowest BCUT2D eigenvalue weighted by atomic mass is 10.1. The van der Waals surface area contributed by atoms with E-state index in [4.69, 9.17) is 14.2 Å². The summed E-state index contributed by atoms with van der Waals surface area (Å²) in [6, 6.07) is 8.09. The second-order valence-electron chi connectivity index (χ2n) is 6.17. The summed E-state index contributed by atoms with van der Waals surface area (Å²) in [5, 5.41) is 10.5. The van der Waals surface area contributed by atoms with Gasteiger partial charge in [-0.3, -0.25) is 9.59 Å². The molecular formula is C20H17NO6. The first-order valence-electron chi connectivity index (χ1n) is 8.23. The third kappa shape index (κ3) is 2.35. The first kappa shape index (κ1) is 17.0. The molecule has 2 aromatic carbocycles. The number of benzene rings is 2. The van der Waals surface area contributed by atoms with Crippen LogP contribution in [0.1, 0.15) is 15.9 Å². The van der Waals surface area contributed by atoms with Gasteiger partial charge in [-0.05, 0) is 30.3 Å². The zero-order valence-corrected chi connectivity index (χ0v) is 15.0. The van der Waals surface area contributed by atoms with Gasteiger partial charge in [-0.25, -0.2) is 0 Å². The predicted octanol–water partition coefficient (Wildman–Crippen LogP) is 2.75. The summed E-state index contributed by atoms with van der Waals surface area (Å²) in [4.78, 5) is 25.1. The lowest BCUT2D eigenvalue weighted by Crippen LogP contribution is -2.12. The van der Waals surface area contributed by atoms with Crippen LogP contribution < -0.4 is 9.47 Å². The number of aromatic nitrogens is 1. The number of nitrogens with zero attached hydrogens (tertiary/aromatic N) is 1. The molecule has 1 aliphatic carbocycles. The van der Waals surface area contributed by atoms with Gasteiger partial charge in [0.2, 0.25) is 0 Å². The Hall–Kier alpha value is -3.48. The fourth-order valence-electron chi connectivity index (χ4n) is 3.61. The highest BCUT2D eigenvalue weighted by atomic mass is 16.5. The molecule has 0 amide bonds. The van der Waals surface area contributed by atoms with Gasteiger partial charge >= 0.3 is 5.97 Å². The van der Waals surface area contributed by atoms with E-state index < -0.39 is 5.97 Å². The van der Waals surface area contributed by atoms with Crippen LogP contribution in [0.3, 0.4) is 0 Å². The van der Waals surface area contributed by atoms with Crippen molar-refractivity contribution in [3.8, 4) is 28.5 Å². The Morgan fingerprint density at radius 3 is 2.33 bits per heavy atom. The van der Waals surface area contributed by atoms with Gasteiger partial charge in [0.05, 0.1) is 38.1 Å². The summed E-state index contributed by atoms with van der Waals surface area (Å²) in [5.74, 6) is 0.333. The van der Waals surface area contributed by atoms with E-state index in [1.165, 1.54) is 33.5 Å². The zero-order chi connectivity index (χ0) is 19.3. The minimum Gasteiger partial charge on any atom is -0.508 e. The molecule has 7 heteroatoms. The summed E-state index contributed by atoms with van der Waals surface area (Å²) in [6.45, 7) is -0.0613. The van der Waals surface area contributed by atoms with E-state index >= 15 is 0 Å². The first-order valence-corrected chi connectivity index (χ1v) is 8.23. The Labute approximate surface area is 154 Å². The van der Waals surface area contributed by atoms with Gasteiger partial charge in [-0.2, -0.15) is 0 Å². The Kier molecular flexibility index (Phi) is 3.80. The molecule has 4 rings (SSSR count). The first-order chi connectivity index (χ1) is 13.0. The number of fused-ring (bicyclic) bond motifs is 5. The molecule has 0 spiro atoms. The molecule has 138 valence electrons. The van der Waals surface area contributed by atoms with Crippen molar-refractivity contribution >= 4 is 22.7 Å². The van der Waals surface area contributed by atoms with E-state index in [0.29, 0.717) is 44.8 Å². The maximum Gasteiger partial charge on any atom is 0.325 e. The number of phenolic OH excluding ortho intramolecular Hbond substituents is 1. The average molecular weight is 367 g/mol. The van der Waals surface area contributed by atoms with Gasteiger partial charge in [0, 0.05) is 16.5 Å². The Bertz CT molecular complexity index is 1110. The van der Waals surface area contributed by atoms with E-state index in [1.54, 1.807) is 22.8 Å². The number of rotatable bonds is 4. The minimum absolute atomic E-state index is 0.0411. The molecule has 0 fully saturated rings. The molecule has 1 N–H and O–H groups in total. The molecule has 0 aliphatic heterocycles. The largest absolute Gasteiger partial charge is 0.508 e. The van der Waals surface area contributed by atoms with Crippen LogP contribution in [0.15, 0.2) is 30.3 Å². The van der Waals surface area contributed by atoms with Gasteiger partial charge < -0.3 is 23.9 Å². The topological polar surface area (TPSA) is 87.0 Å². The fourth-order valence-corrected chi connectivity index (χ4v) is 3.61. The molecule has 1 heterocycles. The lowest BCUT2D eigenvalue weighted by Gasteiger charge is -2.13. The normalized spacial score (nSPS) is 12.0. The highest BCUT2D eigenvalue weighted by Gasteiger charge is 2.35.